The van der Waals surface area contributed by atoms with Gasteiger partial charge in [0.2, 0.25) is 0 Å². The highest BCUT2D eigenvalue weighted by Crippen LogP contribution is 2.20. The van der Waals surface area contributed by atoms with Crippen molar-refractivity contribution in [1.82, 2.24) is 14.9 Å². The van der Waals surface area contributed by atoms with Crippen molar-refractivity contribution in [3.05, 3.63) is 87.4 Å². The third-order valence-corrected chi connectivity index (χ3v) is 5.36. The second-order valence-electron chi connectivity index (χ2n) is 7.26. The predicted molar refractivity (Wildman–Crippen MR) is 115 cm³/mol. The maximum atomic E-state index is 13.3. The number of halogens is 1. The van der Waals surface area contributed by atoms with E-state index in [4.69, 9.17) is 16.3 Å². The number of nitrogens with one attached hydrogen (secondary N) is 1. The van der Waals surface area contributed by atoms with Crippen LogP contribution in [0.1, 0.15) is 28.9 Å². The smallest absolute Gasteiger partial charge is 0.261 e. The zero-order valence-corrected chi connectivity index (χ0v) is 17.1. The molecule has 0 saturated carbocycles. The molecule has 1 atom stereocenters. The Hall–Kier alpha value is -2.96. The van der Waals surface area contributed by atoms with Crippen molar-refractivity contribution < 1.29 is 9.53 Å². The average Bonchev–Trinajstić information content (AvgIpc) is 3.27. The first-order valence-electron chi connectivity index (χ1n) is 9.90. The average molecular weight is 424 g/mol. The molecule has 1 aliphatic rings. The van der Waals surface area contributed by atoms with E-state index in [-0.39, 0.29) is 17.6 Å². The summed E-state index contributed by atoms with van der Waals surface area (Å²) in [5.41, 5.74) is 1.88. The van der Waals surface area contributed by atoms with Gasteiger partial charge in [-0.1, -0.05) is 29.8 Å². The number of carbonyl (C=O) groups excluding carboxylic acids is 1. The van der Waals surface area contributed by atoms with Gasteiger partial charge in [0.1, 0.15) is 5.56 Å². The number of hydrogen-bond acceptors (Lipinski definition) is 4. The number of hydrogen-bond donors (Lipinski definition) is 1. The molecule has 1 aromatic carbocycles. The van der Waals surface area contributed by atoms with Gasteiger partial charge in [-0.15, -0.1) is 0 Å². The van der Waals surface area contributed by atoms with Crippen molar-refractivity contribution >= 4 is 17.5 Å². The Labute approximate surface area is 179 Å². The van der Waals surface area contributed by atoms with Crippen LogP contribution >= 0.6 is 11.6 Å². The number of rotatable bonds is 6. The van der Waals surface area contributed by atoms with Gasteiger partial charge < -0.3 is 14.6 Å². The van der Waals surface area contributed by atoms with Crippen LogP contribution in [-0.2, 0) is 11.3 Å². The highest BCUT2D eigenvalue weighted by atomic mass is 35.5. The van der Waals surface area contributed by atoms with Crippen LogP contribution in [0.25, 0.3) is 11.3 Å². The zero-order valence-electron chi connectivity index (χ0n) is 16.4. The first-order valence-corrected chi connectivity index (χ1v) is 10.3. The standard InChI is InChI=1S/C23H22ClN3O3/c24-17-8-6-16(7-9-17)21-11-10-20(22(28)26-21)23(29)27(15-19-5-3-13-30-19)14-18-4-1-2-12-25-18/h1-2,4,6-12,19H,3,5,13-15H2,(H,26,28)/t19-/m0/s1. The number of aromatic amines is 1. The van der Waals surface area contributed by atoms with Gasteiger partial charge in [-0.05, 0) is 54.8 Å². The van der Waals surface area contributed by atoms with Crippen molar-refractivity contribution in [2.24, 2.45) is 0 Å². The normalized spacial score (nSPS) is 15.8. The summed E-state index contributed by atoms with van der Waals surface area (Å²) in [6.45, 7) is 1.44. The summed E-state index contributed by atoms with van der Waals surface area (Å²) in [7, 11) is 0. The minimum absolute atomic E-state index is 0.0231. The molecular weight excluding hydrogens is 402 g/mol. The van der Waals surface area contributed by atoms with E-state index >= 15 is 0 Å². The van der Waals surface area contributed by atoms with Gasteiger partial charge in [-0.2, -0.15) is 0 Å². The van der Waals surface area contributed by atoms with Crippen molar-refractivity contribution in [2.45, 2.75) is 25.5 Å². The maximum Gasteiger partial charge on any atom is 0.261 e. The van der Waals surface area contributed by atoms with Crippen LogP contribution in [0.4, 0.5) is 0 Å². The molecule has 0 spiro atoms. The molecule has 154 valence electrons. The Morgan fingerprint density at radius 3 is 2.67 bits per heavy atom. The molecule has 1 amide bonds. The van der Waals surface area contributed by atoms with Crippen LogP contribution < -0.4 is 5.56 Å². The highest BCUT2D eigenvalue weighted by molar-refractivity contribution is 6.30. The number of ether oxygens (including phenoxy) is 1. The summed E-state index contributed by atoms with van der Waals surface area (Å²) in [5.74, 6) is -0.333. The quantitative estimate of drug-likeness (QED) is 0.652. The molecule has 7 heteroatoms. The minimum atomic E-state index is -0.425. The molecule has 0 unspecified atom stereocenters. The van der Waals surface area contributed by atoms with Gasteiger partial charge in [0.15, 0.2) is 0 Å². The van der Waals surface area contributed by atoms with Crippen molar-refractivity contribution in [2.75, 3.05) is 13.2 Å². The summed E-state index contributed by atoms with van der Waals surface area (Å²) >= 11 is 5.93. The number of H-pyrrole nitrogens is 1. The molecule has 1 fully saturated rings. The molecule has 0 radical (unpaired) electrons. The predicted octanol–water partition coefficient (Wildman–Crippen LogP) is 3.91. The minimum Gasteiger partial charge on any atom is -0.376 e. The van der Waals surface area contributed by atoms with E-state index in [1.165, 1.54) is 0 Å². The Balaban J connectivity index is 1.59. The fourth-order valence-corrected chi connectivity index (χ4v) is 3.68. The van der Waals surface area contributed by atoms with Gasteiger partial charge in [-0.25, -0.2) is 0 Å². The number of nitrogens with zero attached hydrogens (tertiary/aromatic N) is 2. The maximum absolute atomic E-state index is 13.3. The molecule has 1 aliphatic heterocycles. The second kappa shape index (κ2) is 9.24. The lowest BCUT2D eigenvalue weighted by Gasteiger charge is -2.25. The molecule has 1 saturated heterocycles. The summed E-state index contributed by atoms with van der Waals surface area (Å²) < 4.78 is 5.71. The van der Waals surface area contributed by atoms with Crippen molar-refractivity contribution in [3.63, 3.8) is 0 Å². The first-order chi connectivity index (χ1) is 14.6. The van der Waals surface area contributed by atoms with Gasteiger partial charge in [0, 0.05) is 30.1 Å². The Morgan fingerprint density at radius 1 is 1.17 bits per heavy atom. The Kier molecular flexibility index (Phi) is 6.26. The molecule has 30 heavy (non-hydrogen) atoms. The lowest BCUT2D eigenvalue weighted by Crippen LogP contribution is -2.39. The van der Waals surface area contributed by atoms with E-state index in [0.717, 1.165) is 24.1 Å². The largest absolute Gasteiger partial charge is 0.376 e. The molecule has 6 nitrogen and oxygen atoms in total. The fraction of sp³-hybridized carbons (Fsp3) is 0.261. The van der Waals surface area contributed by atoms with Crippen molar-refractivity contribution in [3.8, 4) is 11.3 Å². The summed E-state index contributed by atoms with van der Waals surface area (Å²) in [6.07, 6.45) is 3.55. The molecule has 0 bridgehead atoms. The van der Waals surface area contributed by atoms with Crippen LogP contribution in [0.2, 0.25) is 5.02 Å². The van der Waals surface area contributed by atoms with Gasteiger partial charge in [0.25, 0.3) is 11.5 Å². The number of benzene rings is 1. The molecule has 2 aromatic heterocycles. The van der Waals surface area contributed by atoms with Crippen LogP contribution in [0.5, 0.6) is 0 Å². The molecule has 3 aromatic rings. The summed E-state index contributed by atoms with van der Waals surface area (Å²) in [4.78, 5) is 34.8. The first kappa shape index (κ1) is 20.3. The van der Waals surface area contributed by atoms with E-state index in [0.29, 0.717) is 30.4 Å². The van der Waals surface area contributed by atoms with Crippen LogP contribution in [0.15, 0.2) is 65.6 Å². The van der Waals surface area contributed by atoms with E-state index in [1.54, 1.807) is 35.4 Å². The number of carbonyl (C=O) groups is 1. The third-order valence-electron chi connectivity index (χ3n) is 5.11. The summed E-state index contributed by atoms with van der Waals surface area (Å²) in [5, 5.41) is 0.618. The number of amides is 1. The van der Waals surface area contributed by atoms with Gasteiger partial charge in [-0.3, -0.25) is 14.6 Å². The third kappa shape index (κ3) is 4.78. The fourth-order valence-electron chi connectivity index (χ4n) is 3.55. The van der Waals surface area contributed by atoms with Crippen LogP contribution in [0, 0.1) is 0 Å². The lowest BCUT2D eigenvalue weighted by molar-refractivity contribution is 0.0503. The Bertz CT molecular complexity index is 1060. The van der Waals surface area contributed by atoms with E-state index in [2.05, 4.69) is 9.97 Å². The monoisotopic (exact) mass is 423 g/mol. The topological polar surface area (TPSA) is 75.3 Å². The SMILES string of the molecule is O=C(c1ccc(-c2ccc(Cl)cc2)[nH]c1=O)N(Cc1ccccn1)C[C@@H]1CCCO1. The molecular formula is C23H22ClN3O3. The molecule has 3 heterocycles. The molecule has 4 rings (SSSR count). The van der Waals surface area contributed by atoms with Gasteiger partial charge in [0.05, 0.1) is 18.3 Å². The zero-order chi connectivity index (χ0) is 20.9. The van der Waals surface area contributed by atoms with E-state index in [9.17, 15) is 9.59 Å². The van der Waals surface area contributed by atoms with Gasteiger partial charge >= 0.3 is 0 Å². The highest BCUT2D eigenvalue weighted by Gasteiger charge is 2.25. The lowest BCUT2D eigenvalue weighted by atomic mass is 10.1. The van der Waals surface area contributed by atoms with E-state index < -0.39 is 5.56 Å². The van der Waals surface area contributed by atoms with Crippen molar-refractivity contribution in [1.29, 1.82) is 0 Å². The Morgan fingerprint density at radius 2 is 2.00 bits per heavy atom. The van der Waals surface area contributed by atoms with E-state index in [1.807, 2.05) is 30.3 Å². The van der Waals surface area contributed by atoms with Crippen LogP contribution in [0.3, 0.4) is 0 Å². The number of pyridine rings is 2. The molecule has 0 aliphatic carbocycles. The summed E-state index contributed by atoms with van der Waals surface area (Å²) in [6, 6.07) is 16.0. The number of aromatic nitrogens is 2. The second-order valence-corrected chi connectivity index (χ2v) is 7.70. The van der Waals surface area contributed by atoms with Crippen LogP contribution in [-0.4, -0.2) is 40.0 Å². The molecule has 1 N–H and O–H groups in total.